The number of carbonyl (C=O) groups excluding carboxylic acids is 1. The van der Waals surface area contributed by atoms with E-state index in [4.69, 9.17) is 9.84 Å². The van der Waals surface area contributed by atoms with Gasteiger partial charge < -0.3 is 24.9 Å². The molecule has 8 heteroatoms. The molecule has 7 nitrogen and oxygen atoms in total. The van der Waals surface area contributed by atoms with Crippen LogP contribution in [0.15, 0.2) is 24.3 Å². The van der Waals surface area contributed by atoms with Gasteiger partial charge in [-0.15, -0.1) is 0 Å². The maximum Gasteiger partial charge on any atom is 0.362 e. The fourth-order valence-corrected chi connectivity index (χ4v) is 4.16. The lowest BCUT2D eigenvalue weighted by Gasteiger charge is -2.23. The first-order valence-corrected chi connectivity index (χ1v) is 12.6. The highest BCUT2D eigenvalue weighted by Crippen LogP contribution is 2.40. The van der Waals surface area contributed by atoms with Crippen molar-refractivity contribution in [1.82, 2.24) is 0 Å². The van der Waals surface area contributed by atoms with Crippen molar-refractivity contribution < 1.29 is 29.0 Å². The first-order chi connectivity index (χ1) is 15.0. The van der Waals surface area contributed by atoms with Gasteiger partial charge in [0, 0.05) is 5.69 Å². The minimum Gasteiger partial charge on any atom is -0.480 e. The van der Waals surface area contributed by atoms with E-state index in [1.165, 1.54) is 5.56 Å². The van der Waals surface area contributed by atoms with Crippen LogP contribution in [0.1, 0.15) is 54.2 Å². The average Bonchev–Trinajstić information content (AvgIpc) is 2.75. The fraction of sp³-hybridized carbons (Fsp3) is 0.458. The van der Waals surface area contributed by atoms with Gasteiger partial charge in [-0.3, -0.25) is 9.36 Å². The van der Waals surface area contributed by atoms with Gasteiger partial charge in [-0.05, 0) is 78.6 Å². The smallest absolute Gasteiger partial charge is 0.362 e. The summed E-state index contributed by atoms with van der Waals surface area (Å²) >= 11 is 0. The quantitative estimate of drug-likeness (QED) is 0.394. The number of hydrogen-bond acceptors (Lipinski definition) is 4. The highest BCUT2D eigenvalue weighted by Gasteiger charge is 2.22. The molecule has 176 valence electrons. The molecule has 0 fully saturated rings. The molecule has 0 saturated carbocycles. The maximum absolute atomic E-state index is 12.0. The third-order valence-corrected chi connectivity index (χ3v) is 6.23. The minimum absolute atomic E-state index is 0.199. The zero-order valence-corrected chi connectivity index (χ0v) is 20.3. The summed E-state index contributed by atoms with van der Waals surface area (Å²) in [6.45, 7) is 9.53. The van der Waals surface area contributed by atoms with Crippen LogP contribution in [0, 0.1) is 19.8 Å². The molecular formula is C24H34NO6P. The highest BCUT2D eigenvalue weighted by atomic mass is 31.2. The predicted octanol–water partition coefficient (Wildman–Crippen LogP) is 4.10. The predicted molar refractivity (Wildman–Crippen MR) is 126 cm³/mol. The Balaban J connectivity index is 2.35. The Morgan fingerprint density at radius 3 is 2.00 bits per heavy atom. The summed E-state index contributed by atoms with van der Waals surface area (Å²) in [5.41, 5.74) is 7.01. The second-order valence-corrected chi connectivity index (χ2v) is 9.69. The summed E-state index contributed by atoms with van der Waals surface area (Å²) < 4.78 is 17.0. The third kappa shape index (κ3) is 6.42. The largest absolute Gasteiger partial charge is 0.480 e. The van der Waals surface area contributed by atoms with Gasteiger partial charge in [-0.1, -0.05) is 32.9 Å². The van der Waals surface area contributed by atoms with Gasteiger partial charge in [0.15, 0.2) is 6.35 Å². The molecule has 1 amide bonds. The third-order valence-electron chi connectivity index (χ3n) is 5.77. The van der Waals surface area contributed by atoms with E-state index < -0.39 is 19.9 Å². The van der Waals surface area contributed by atoms with Crippen LogP contribution in [0.3, 0.4) is 0 Å². The molecule has 0 aliphatic carbocycles. The second kappa shape index (κ2) is 11.1. The molecular weight excluding hydrogens is 429 g/mol. The summed E-state index contributed by atoms with van der Waals surface area (Å²) in [7, 11) is -4.28. The Bertz CT molecular complexity index is 966. The van der Waals surface area contributed by atoms with Gasteiger partial charge >= 0.3 is 7.60 Å². The van der Waals surface area contributed by atoms with Crippen molar-refractivity contribution >= 4 is 19.2 Å². The van der Waals surface area contributed by atoms with Crippen molar-refractivity contribution in [1.29, 1.82) is 0 Å². The van der Waals surface area contributed by atoms with E-state index in [-0.39, 0.29) is 12.5 Å². The Labute approximate surface area is 190 Å². The van der Waals surface area contributed by atoms with Crippen LogP contribution in [-0.4, -0.2) is 33.8 Å². The number of aliphatic hydroxyl groups is 1. The monoisotopic (exact) mass is 463 g/mol. The van der Waals surface area contributed by atoms with E-state index in [1.807, 2.05) is 52.0 Å². The van der Waals surface area contributed by atoms with Gasteiger partial charge in [-0.25, -0.2) is 0 Å². The van der Waals surface area contributed by atoms with Crippen LogP contribution in [-0.2, 0) is 28.6 Å². The molecule has 32 heavy (non-hydrogen) atoms. The van der Waals surface area contributed by atoms with Gasteiger partial charge in [0.25, 0.3) is 0 Å². The van der Waals surface area contributed by atoms with Gasteiger partial charge in [0.2, 0.25) is 5.91 Å². The van der Waals surface area contributed by atoms with Crippen LogP contribution in [0.25, 0.3) is 0 Å². The van der Waals surface area contributed by atoms with Gasteiger partial charge in [-0.2, -0.15) is 0 Å². The lowest BCUT2D eigenvalue weighted by molar-refractivity contribution is -0.120. The van der Waals surface area contributed by atoms with E-state index in [1.54, 1.807) is 6.92 Å². The molecule has 1 unspecified atom stereocenters. The van der Waals surface area contributed by atoms with Crippen molar-refractivity contribution in [3.05, 3.63) is 57.6 Å². The van der Waals surface area contributed by atoms with Crippen molar-refractivity contribution in [2.45, 2.75) is 53.9 Å². The molecule has 0 spiro atoms. The van der Waals surface area contributed by atoms with Crippen LogP contribution in [0.4, 0.5) is 5.69 Å². The lowest BCUT2D eigenvalue weighted by atomic mass is 9.86. The van der Waals surface area contributed by atoms with Crippen LogP contribution >= 0.6 is 7.60 Å². The standard InChI is InChI=1S/C24H34NO6P/c1-6-20-16(4)22(17(5)21(7-2)23(20)31-14-32(28,29)30)12-18-8-10-19(11-9-18)25-24(27)15(3)13-26/h8-11,15,26H,6-7,12-14H2,1-5H3,(H,25,27)(H2,28,29,30). The minimum atomic E-state index is -4.28. The number of aliphatic hydroxyl groups excluding tert-OH is 1. The Morgan fingerprint density at radius 2 is 1.56 bits per heavy atom. The first-order valence-electron chi connectivity index (χ1n) is 10.8. The van der Waals surface area contributed by atoms with Crippen LogP contribution in [0.2, 0.25) is 0 Å². The summed E-state index contributed by atoms with van der Waals surface area (Å²) in [6.07, 6.45) is 1.44. The number of nitrogens with one attached hydrogen (secondary N) is 1. The molecule has 0 bridgehead atoms. The van der Waals surface area contributed by atoms with E-state index in [9.17, 15) is 19.1 Å². The Kier molecular flexibility index (Phi) is 9.05. The van der Waals surface area contributed by atoms with Crippen molar-refractivity contribution in [3.63, 3.8) is 0 Å². The number of hydrogen-bond donors (Lipinski definition) is 4. The molecule has 0 aliphatic heterocycles. The van der Waals surface area contributed by atoms with E-state index >= 15 is 0 Å². The molecule has 2 aromatic rings. The SMILES string of the molecule is CCc1c(C)c(Cc2ccc(NC(=O)C(C)CO)cc2)c(C)c(CC)c1OCP(=O)(O)O. The van der Waals surface area contributed by atoms with Crippen molar-refractivity contribution in [2.24, 2.45) is 5.92 Å². The summed E-state index contributed by atoms with van der Waals surface area (Å²) in [5, 5.41) is 11.9. The highest BCUT2D eigenvalue weighted by molar-refractivity contribution is 7.51. The van der Waals surface area contributed by atoms with Crippen LogP contribution < -0.4 is 10.1 Å². The molecule has 0 radical (unpaired) electrons. The number of rotatable bonds is 10. The van der Waals surface area contributed by atoms with E-state index in [2.05, 4.69) is 5.32 Å². The molecule has 2 aromatic carbocycles. The number of carbonyl (C=O) groups is 1. The molecule has 1 atom stereocenters. The van der Waals surface area contributed by atoms with Crippen molar-refractivity contribution in [3.8, 4) is 5.75 Å². The summed E-state index contributed by atoms with van der Waals surface area (Å²) in [4.78, 5) is 30.5. The number of benzene rings is 2. The maximum atomic E-state index is 12.0. The van der Waals surface area contributed by atoms with E-state index in [0.717, 1.165) is 27.8 Å². The first kappa shape index (κ1) is 26.1. The zero-order chi connectivity index (χ0) is 24.1. The number of amides is 1. The van der Waals surface area contributed by atoms with Gasteiger partial charge in [0.1, 0.15) is 5.75 Å². The normalized spacial score (nSPS) is 12.5. The Hall–Kier alpha value is -2.18. The van der Waals surface area contributed by atoms with Crippen molar-refractivity contribution in [2.75, 3.05) is 18.3 Å². The molecule has 0 aliphatic rings. The average molecular weight is 464 g/mol. The topological polar surface area (TPSA) is 116 Å². The molecule has 0 saturated heterocycles. The molecule has 0 aromatic heterocycles. The number of anilines is 1. The van der Waals surface area contributed by atoms with Gasteiger partial charge in [0.05, 0.1) is 12.5 Å². The molecule has 4 N–H and O–H groups in total. The fourth-order valence-electron chi connectivity index (χ4n) is 3.87. The molecule has 2 rings (SSSR count). The summed E-state index contributed by atoms with van der Waals surface area (Å²) in [6, 6.07) is 7.63. The zero-order valence-electron chi connectivity index (χ0n) is 19.4. The lowest BCUT2D eigenvalue weighted by Crippen LogP contribution is -2.22. The number of ether oxygens (including phenoxy) is 1. The Morgan fingerprint density at radius 1 is 1.03 bits per heavy atom. The second-order valence-electron chi connectivity index (χ2n) is 8.11. The molecule has 0 heterocycles. The van der Waals surface area contributed by atoms with Crippen LogP contribution in [0.5, 0.6) is 5.75 Å². The van der Waals surface area contributed by atoms with E-state index in [0.29, 0.717) is 30.7 Å². The summed E-state index contributed by atoms with van der Waals surface area (Å²) in [5.74, 6) is -0.0997.